The van der Waals surface area contributed by atoms with Gasteiger partial charge in [-0.1, -0.05) is 0 Å². The predicted molar refractivity (Wildman–Crippen MR) is 35.0 cm³/mol. The molecule has 0 saturated carbocycles. The van der Waals surface area contributed by atoms with Gasteiger partial charge in [-0.3, -0.25) is 4.79 Å². The second kappa shape index (κ2) is 5.16. The third-order valence-corrected chi connectivity index (χ3v) is 1.09. The molecule has 0 rings (SSSR count). The average molecular weight is 148 g/mol. The molecular weight excluding hydrogens is 136 g/mol. The summed E-state index contributed by atoms with van der Waals surface area (Å²) >= 11 is 0. The van der Waals surface area contributed by atoms with Crippen LogP contribution >= 0.6 is 0 Å². The monoisotopic (exact) mass is 148 g/mol. The van der Waals surface area contributed by atoms with Gasteiger partial charge in [0.15, 0.2) is 0 Å². The van der Waals surface area contributed by atoms with Crippen LogP contribution < -0.4 is 11.6 Å². The summed E-state index contributed by atoms with van der Waals surface area (Å²) in [5.74, 6) is 3.71. The maximum absolute atomic E-state index is 10.1. The van der Waals surface area contributed by atoms with Crippen LogP contribution in [-0.4, -0.2) is 23.7 Å². The lowest BCUT2D eigenvalue weighted by atomic mass is 10.2. The van der Waals surface area contributed by atoms with E-state index in [1.54, 1.807) is 0 Å². The summed E-state index contributed by atoms with van der Waals surface area (Å²) in [6, 6.07) is -0.796. The van der Waals surface area contributed by atoms with Gasteiger partial charge in [0.2, 0.25) is 0 Å². The third kappa shape index (κ3) is 4.25. The molecule has 1 atom stereocenters. The number of nitrogens with two attached hydrogens (primary N) is 2. The molecule has 0 amide bonds. The van der Waals surface area contributed by atoms with Crippen molar-refractivity contribution >= 4 is 5.97 Å². The fraction of sp³-hybridized carbons (Fsp3) is 0.800. The molecule has 0 bridgehead atoms. The van der Waals surface area contributed by atoms with Crippen LogP contribution in [0.25, 0.3) is 0 Å². The van der Waals surface area contributed by atoms with Crippen molar-refractivity contribution in [1.29, 1.82) is 0 Å². The molecule has 0 aromatic rings. The molecule has 0 aromatic carbocycles. The Hall–Kier alpha value is -0.650. The van der Waals surface area contributed by atoms with Crippen molar-refractivity contribution in [3.8, 4) is 0 Å². The number of carboxylic acids is 1. The van der Waals surface area contributed by atoms with Crippen molar-refractivity contribution in [3.63, 3.8) is 0 Å². The van der Waals surface area contributed by atoms with Gasteiger partial charge in [-0.25, -0.2) is 5.90 Å². The van der Waals surface area contributed by atoms with Crippen LogP contribution in [0.4, 0.5) is 0 Å². The smallest absolute Gasteiger partial charge is 0.320 e. The highest BCUT2D eigenvalue weighted by Gasteiger charge is 2.09. The summed E-state index contributed by atoms with van der Waals surface area (Å²) in [5, 5.41) is 8.28. The summed E-state index contributed by atoms with van der Waals surface area (Å²) in [5.41, 5.74) is 5.16. The molecule has 0 aliphatic heterocycles. The zero-order valence-corrected chi connectivity index (χ0v) is 5.62. The van der Waals surface area contributed by atoms with Crippen LogP contribution in [0, 0.1) is 0 Å². The molecule has 0 aliphatic rings. The molecule has 5 nitrogen and oxygen atoms in total. The van der Waals surface area contributed by atoms with Gasteiger partial charge in [0.05, 0.1) is 6.61 Å². The normalized spacial score (nSPS) is 13.0. The highest BCUT2D eigenvalue weighted by molar-refractivity contribution is 5.72. The van der Waals surface area contributed by atoms with Gasteiger partial charge in [0.1, 0.15) is 6.04 Å². The largest absolute Gasteiger partial charge is 0.480 e. The Morgan fingerprint density at radius 3 is 2.70 bits per heavy atom. The number of aliphatic carboxylic acids is 1. The predicted octanol–water partition coefficient (Wildman–Crippen LogP) is -0.931. The van der Waals surface area contributed by atoms with Gasteiger partial charge in [0, 0.05) is 0 Å². The van der Waals surface area contributed by atoms with E-state index in [-0.39, 0.29) is 0 Å². The van der Waals surface area contributed by atoms with Crippen molar-refractivity contribution < 1.29 is 14.7 Å². The maximum atomic E-state index is 10.1. The minimum absolute atomic E-state index is 0.348. The summed E-state index contributed by atoms with van der Waals surface area (Å²) in [4.78, 5) is 14.3. The molecule has 0 aromatic heterocycles. The molecular formula is C5H12N2O3. The van der Waals surface area contributed by atoms with E-state index in [0.29, 0.717) is 19.4 Å². The van der Waals surface area contributed by atoms with E-state index in [0.717, 1.165) is 0 Å². The standard InChI is InChI=1S/C5H12N2O3/c6-4(5(8)9)2-1-3-10-7/h4H,1-3,6-7H2,(H,8,9). The van der Waals surface area contributed by atoms with E-state index in [9.17, 15) is 4.79 Å². The summed E-state index contributed by atoms with van der Waals surface area (Å²) in [7, 11) is 0. The van der Waals surface area contributed by atoms with Crippen LogP contribution in [-0.2, 0) is 9.63 Å². The minimum atomic E-state index is -0.989. The fourth-order valence-corrected chi connectivity index (χ4v) is 0.510. The summed E-state index contributed by atoms with van der Waals surface area (Å²) in [6.45, 7) is 0.348. The first-order valence-electron chi connectivity index (χ1n) is 2.98. The second-order valence-corrected chi connectivity index (χ2v) is 1.96. The Morgan fingerprint density at radius 2 is 2.30 bits per heavy atom. The van der Waals surface area contributed by atoms with Crippen LogP contribution in [0.15, 0.2) is 0 Å². The molecule has 1 unspecified atom stereocenters. The first-order valence-corrected chi connectivity index (χ1v) is 2.98. The highest BCUT2D eigenvalue weighted by atomic mass is 16.6. The molecule has 0 heterocycles. The zero-order chi connectivity index (χ0) is 7.98. The van der Waals surface area contributed by atoms with E-state index >= 15 is 0 Å². The first kappa shape index (κ1) is 9.35. The Morgan fingerprint density at radius 1 is 1.70 bits per heavy atom. The number of carbonyl (C=O) groups is 1. The number of carboxylic acid groups (broad SMARTS) is 1. The van der Waals surface area contributed by atoms with E-state index in [4.69, 9.17) is 16.7 Å². The molecule has 5 N–H and O–H groups in total. The van der Waals surface area contributed by atoms with E-state index in [1.165, 1.54) is 0 Å². The zero-order valence-electron chi connectivity index (χ0n) is 5.62. The molecule has 10 heavy (non-hydrogen) atoms. The molecule has 0 radical (unpaired) electrons. The van der Waals surface area contributed by atoms with Crippen LogP contribution in [0.2, 0.25) is 0 Å². The molecule has 60 valence electrons. The Labute approximate surface area is 58.9 Å². The lowest BCUT2D eigenvalue weighted by Gasteiger charge is -2.03. The van der Waals surface area contributed by atoms with Gasteiger partial charge in [0.25, 0.3) is 0 Å². The Balaban J connectivity index is 3.21. The summed E-state index contributed by atoms with van der Waals surface area (Å²) in [6.07, 6.45) is 0.969. The van der Waals surface area contributed by atoms with Gasteiger partial charge < -0.3 is 15.7 Å². The van der Waals surface area contributed by atoms with Crippen molar-refractivity contribution in [3.05, 3.63) is 0 Å². The topological polar surface area (TPSA) is 98.6 Å². The van der Waals surface area contributed by atoms with Crippen LogP contribution in [0.3, 0.4) is 0 Å². The van der Waals surface area contributed by atoms with E-state index in [2.05, 4.69) is 4.84 Å². The van der Waals surface area contributed by atoms with Crippen molar-refractivity contribution in [2.75, 3.05) is 6.61 Å². The van der Waals surface area contributed by atoms with Crippen molar-refractivity contribution in [1.82, 2.24) is 0 Å². The third-order valence-electron chi connectivity index (χ3n) is 1.09. The van der Waals surface area contributed by atoms with Gasteiger partial charge in [-0.2, -0.15) is 0 Å². The maximum Gasteiger partial charge on any atom is 0.320 e. The van der Waals surface area contributed by atoms with E-state index in [1.807, 2.05) is 0 Å². The van der Waals surface area contributed by atoms with Crippen molar-refractivity contribution in [2.45, 2.75) is 18.9 Å². The molecule has 0 fully saturated rings. The first-order chi connectivity index (χ1) is 4.68. The number of rotatable bonds is 5. The highest BCUT2D eigenvalue weighted by Crippen LogP contribution is 1.93. The minimum Gasteiger partial charge on any atom is -0.480 e. The number of hydrogen-bond donors (Lipinski definition) is 3. The fourth-order valence-electron chi connectivity index (χ4n) is 0.510. The summed E-state index contributed by atoms with van der Waals surface area (Å²) < 4.78 is 0. The van der Waals surface area contributed by atoms with Gasteiger partial charge in [-0.05, 0) is 12.8 Å². The van der Waals surface area contributed by atoms with Crippen LogP contribution in [0.1, 0.15) is 12.8 Å². The molecule has 0 spiro atoms. The quantitative estimate of drug-likeness (QED) is 0.345. The SMILES string of the molecule is NOCCCC(N)C(=O)O. The van der Waals surface area contributed by atoms with Gasteiger partial charge >= 0.3 is 5.97 Å². The Kier molecular flexibility index (Phi) is 4.82. The molecule has 5 heteroatoms. The van der Waals surface area contributed by atoms with E-state index < -0.39 is 12.0 Å². The van der Waals surface area contributed by atoms with Crippen LogP contribution in [0.5, 0.6) is 0 Å². The molecule has 0 aliphatic carbocycles. The van der Waals surface area contributed by atoms with Gasteiger partial charge in [-0.15, -0.1) is 0 Å². The second-order valence-electron chi connectivity index (χ2n) is 1.96. The lowest BCUT2D eigenvalue weighted by molar-refractivity contribution is -0.138. The molecule has 0 saturated heterocycles. The van der Waals surface area contributed by atoms with Crippen molar-refractivity contribution in [2.24, 2.45) is 11.6 Å². The Bertz CT molecular complexity index is 107. The average Bonchev–Trinajstić information content (AvgIpc) is 1.88. The number of hydrogen-bond acceptors (Lipinski definition) is 4. The lowest BCUT2D eigenvalue weighted by Crippen LogP contribution is -2.30.